The molecule has 4 heteroatoms. The number of benzene rings is 1. The fourth-order valence-corrected chi connectivity index (χ4v) is 2.27. The third kappa shape index (κ3) is 3.33. The maximum atomic E-state index is 11.9. The predicted octanol–water partition coefficient (Wildman–Crippen LogP) is 2.16. The molecule has 0 bridgehead atoms. The van der Waals surface area contributed by atoms with Gasteiger partial charge in [0.05, 0.1) is 19.8 Å². The molecule has 0 saturated carbocycles. The van der Waals surface area contributed by atoms with Gasteiger partial charge in [-0.05, 0) is 12.5 Å². The summed E-state index contributed by atoms with van der Waals surface area (Å²) >= 11 is 0. The molecule has 20 heavy (non-hydrogen) atoms. The van der Waals surface area contributed by atoms with Crippen LogP contribution in [0.3, 0.4) is 0 Å². The quantitative estimate of drug-likeness (QED) is 0.626. The lowest BCUT2D eigenvalue weighted by atomic mass is 9.92. The van der Waals surface area contributed by atoms with E-state index in [2.05, 4.69) is 4.74 Å². The van der Waals surface area contributed by atoms with Gasteiger partial charge in [0.1, 0.15) is 5.92 Å². The molecule has 2 rings (SSSR count). The molecule has 1 saturated heterocycles. The first-order valence-corrected chi connectivity index (χ1v) is 6.59. The van der Waals surface area contributed by atoms with Crippen molar-refractivity contribution in [2.45, 2.75) is 19.4 Å². The van der Waals surface area contributed by atoms with Gasteiger partial charge in [0.15, 0.2) is 5.78 Å². The molecule has 1 aliphatic rings. The highest BCUT2D eigenvalue weighted by Gasteiger charge is 2.37. The Bertz CT molecular complexity index is 525. The Morgan fingerprint density at radius 1 is 1.45 bits per heavy atom. The summed E-state index contributed by atoms with van der Waals surface area (Å²) in [6.07, 6.45) is 3.33. The molecule has 1 fully saturated rings. The van der Waals surface area contributed by atoms with Crippen LogP contribution in [0.25, 0.3) is 6.08 Å². The van der Waals surface area contributed by atoms with Gasteiger partial charge in [-0.25, -0.2) is 0 Å². The van der Waals surface area contributed by atoms with Crippen molar-refractivity contribution in [2.75, 3.05) is 13.7 Å². The predicted molar refractivity (Wildman–Crippen MR) is 75.1 cm³/mol. The Kier molecular flexibility index (Phi) is 4.69. The van der Waals surface area contributed by atoms with E-state index in [1.54, 1.807) is 6.08 Å². The summed E-state index contributed by atoms with van der Waals surface area (Å²) in [5, 5.41) is 0. The van der Waals surface area contributed by atoms with Gasteiger partial charge in [-0.15, -0.1) is 0 Å². The number of Topliss-reactive ketones (excluding diaryl/α,β-unsaturated/α-hetero) is 1. The van der Waals surface area contributed by atoms with Crippen LogP contribution in [0.2, 0.25) is 0 Å². The summed E-state index contributed by atoms with van der Waals surface area (Å²) in [6, 6.07) is 7.95. The zero-order valence-corrected chi connectivity index (χ0v) is 11.7. The van der Waals surface area contributed by atoms with Crippen molar-refractivity contribution in [1.29, 1.82) is 0 Å². The number of hydrogen-bond acceptors (Lipinski definition) is 4. The van der Waals surface area contributed by atoms with Crippen LogP contribution in [0, 0.1) is 12.8 Å². The lowest BCUT2D eigenvalue weighted by Gasteiger charge is -2.26. The first-order chi connectivity index (χ1) is 9.61. The molecule has 2 atom stereocenters. The van der Waals surface area contributed by atoms with E-state index in [1.165, 1.54) is 7.11 Å². The third-order valence-corrected chi connectivity index (χ3v) is 3.31. The average Bonchev–Trinajstić information content (AvgIpc) is 2.44. The van der Waals surface area contributed by atoms with Crippen LogP contribution in [0.15, 0.2) is 30.3 Å². The monoisotopic (exact) mass is 274 g/mol. The van der Waals surface area contributed by atoms with Gasteiger partial charge in [0.25, 0.3) is 0 Å². The molecule has 1 aromatic rings. The Morgan fingerprint density at radius 3 is 2.95 bits per heavy atom. The van der Waals surface area contributed by atoms with Crippen molar-refractivity contribution in [3.63, 3.8) is 0 Å². The van der Waals surface area contributed by atoms with Crippen molar-refractivity contribution in [2.24, 2.45) is 5.92 Å². The van der Waals surface area contributed by atoms with E-state index in [-0.39, 0.29) is 12.2 Å². The first-order valence-electron chi connectivity index (χ1n) is 6.59. The Balaban J connectivity index is 2.17. The van der Waals surface area contributed by atoms with Crippen LogP contribution in [0.5, 0.6) is 0 Å². The van der Waals surface area contributed by atoms with E-state index in [0.29, 0.717) is 6.61 Å². The molecular formula is C16H18O4. The van der Waals surface area contributed by atoms with Crippen molar-refractivity contribution < 1.29 is 19.1 Å². The number of hydrogen-bond donors (Lipinski definition) is 0. The number of methoxy groups -OCH3 is 1. The largest absolute Gasteiger partial charge is 0.468 e. The maximum absolute atomic E-state index is 11.9. The Hall–Kier alpha value is -1.94. The zero-order chi connectivity index (χ0) is 14.5. The number of carbonyl (C=O) groups is 2. The molecule has 4 nitrogen and oxygen atoms in total. The third-order valence-electron chi connectivity index (χ3n) is 3.31. The van der Waals surface area contributed by atoms with Gasteiger partial charge in [-0.2, -0.15) is 0 Å². The number of esters is 1. The van der Waals surface area contributed by atoms with E-state index < -0.39 is 18.0 Å². The summed E-state index contributed by atoms with van der Waals surface area (Å²) in [5.74, 6) is -1.51. The van der Waals surface area contributed by atoms with Crippen LogP contribution in [-0.4, -0.2) is 31.6 Å². The minimum atomic E-state index is -0.852. The molecule has 0 N–H and O–H groups in total. The molecule has 0 spiro atoms. The SMILES string of the molecule is COC(=O)[C@H]1C(=O)CCO[C@@H]1/C=C/c1cccc(C)c1. The number of carbonyl (C=O) groups excluding carboxylic acids is 2. The molecule has 0 unspecified atom stereocenters. The summed E-state index contributed by atoms with van der Waals surface area (Å²) < 4.78 is 10.2. The standard InChI is InChI=1S/C16H18O4/c1-11-4-3-5-12(10-11)6-7-14-15(16(18)19-2)13(17)8-9-20-14/h3-7,10,14-15H,8-9H2,1-2H3/b7-6+/t14-,15+/m1/s1. The van der Waals surface area contributed by atoms with Gasteiger partial charge in [0.2, 0.25) is 0 Å². The topological polar surface area (TPSA) is 52.6 Å². The lowest BCUT2D eigenvalue weighted by Crippen LogP contribution is -2.41. The fraction of sp³-hybridized carbons (Fsp3) is 0.375. The van der Waals surface area contributed by atoms with Crippen LogP contribution >= 0.6 is 0 Å². The second-order valence-electron chi connectivity index (χ2n) is 4.83. The highest BCUT2D eigenvalue weighted by Crippen LogP contribution is 2.21. The smallest absolute Gasteiger partial charge is 0.319 e. The minimum absolute atomic E-state index is 0.123. The number of aryl methyl sites for hydroxylation is 1. The zero-order valence-electron chi connectivity index (χ0n) is 11.7. The van der Waals surface area contributed by atoms with Crippen molar-refractivity contribution in [3.05, 3.63) is 41.5 Å². The van der Waals surface area contributed by atoms with E-state index in [0.717, 1.165) is 11.1 Å². The molecule has 106 valence electrons. The molecular weight excluding hydrogens is 256 g/mol. The van der Waals surface area contributed by atoms with Crippen LogP contribution in [0.1, 0.15) is 17.5 Å². The molecule has 1 heterocycles. The van der Waals surface area contributed by atoms with Crippen LogP contribution in [0.4, 0.5) is 0 Å². The fourth-order valence-electron chi connectivity index (χ4n) is 2.27. The summed E-state index contributed by atoms with van der Waals surface area (Å²) in [5.41, 5.74) is 2.16. The molecule has 1 aromatic carbocycles. The van der Waals surface area contributed by atoms with E-state index in [1.807, 2.05) is 37.3 Å². The average molecular weight is 274 g/mol. The minimum Gasteiger partial charge on any atom is -0.468 e. The summed E-state index contributed by atoms with van der Waals surface area (Å²) in [4.78, 5) is 23.6. The van der Waals surface area contributed by atoms with Crippen molar-refractivity contribution >= 4 is 17.8 Å². The lowest BCUT2D eigenvalue weighted by molar-refractivity contribution is -0.158. The van der Waals surface area contributed by atoms with Crippen LogP contribution in [-0.2, 0) is 19.1 Å². The van der Waals surface area contributed by atoms with Gasteiger partial charge in [-0.1, -0.05) is 42.0 Å². The van der Waals surface area contributed by atoms with Gasteiger partial charge in [0, 0.05) is 6.42 Å². The molecule has 1 aliphatic heterocycles. The second kappa shape index (κ2) is 6.48. The number of ketones is 1. The van der Waals surface area contributed by atoms with E-state index >= 15 is 0 Å². The van der Waals surface area contributed by atoms with Crippen molar-refractivity contribution in [3.8, 4) is 0 Å². The van der Waals surface area contributed by atoms with E-state index in [4.69, 9.17) is 4.74 Å². The Morgan fingerprint density at radius 2 is 2.25 bits per heavy atom. The highest BCUT2D eigenvalue weighted by molar-refractivity contribution is 6.00. The Labute approximate surface area is 118 Å². The maximum Gasteiger partial charge on any atom is 0.319 e. The molecule has 0 aromatic heterocycles. The van der Waals surface area contributed by atoms with E-state index in [9.17, 15) is 9.59 Å². The van der Waals surface area contributed by atoms with Crippen molar-refractivity contribution in [1.82, 2.24) is 0 Å². The molecule has 0 aliphatic carbocycles. The molecule has 0 radical (unpaired) electrons. The van der Waals surface area contributed by atoms with Gasteiger partial charge < -0.3 is 9.47 Å². The number of ether oxygens (including phenoxy) is 2. The number of rotatable bonds is 3. The van der Waals surface area contributed by atoms with Gasteiger partial charge in [-0.3, -0.25) is 9.59 Å². The summed E-state index contributed by atoms with van der Waals surface area (Å²) in [7, 11) is 1.28. The highest BCUT2D eigenvalue weighted by atomic mass is 16.5. The molecule has 0 amide bonds. The second-order valence-corrected chi connectivity index (χ2v) is 4.83. The van der Waals surface area contributed by atoms with Crippen LogP contribution < -0.4 is 0 Å². The first kappa shape index (κ1) is 14.5. The normalized spacial score (nSPS) is 23.0. The van der Waals surface area contributed by atoms with Gasteiger partial charge >= 0.3 is 5.97 Å². The summed E-state index contributed by atoms with van der Waals surface area (Å²) in [6.45, 7) is 2.35.